The molecule has 110 valence electrons. The molecule has 1 aromatic carbocycles. The first kappa shape index (κ1) is 14.2. The number of aryl methyl sites for hydroxylation is 1. The molecule has 0 aliphatic carbocycles. The van der Waals surface area contributed by atoms with Crippen LogP contribution in [0.25, 0.3) is 10.6 Å². The van der Waals surface area contributed by atoms with Gasteiger partial charge in [-0.2, -0.15) is 0 Å². The minimum atomic E-state index is 0.0580. The van der Waals surface area contributed by atoms with Gasteiger partial charge in [0.25, 0.3) is 0 Å². The van der Waals surface area contributed by atoms with E-state index >= 15 is 0 Å². The molecule has 0 radical (unpaired) electrons. The Bertz CT molecular complexity index is 617. The molecule has 0 atom stereocenters. The van der Waals surface area contributed by atoms with E-state index in [0.29, 0.717) is 12.3 Å². The van der Waals surface area contributed by atoms with Crippen LogP contribution in [-0.2, 0) is 11.2 Å². The molecular weight excluding hydrogens is 282 g/mol. The average Bonchev–Trinajstić information content (AvgIpc) is 2.86. The summed E-state index contributed by atoms with van der Waals surface area (Å²) >= 11 is 1.59. The molecule has 0 unspecified atom stereocenters. The first-order chi connectivity index (χ1) is 10.2. The normalized spacial score (nSPS) is 14.7. The minimum Gasteiger partial charge on any atom is -0.355 e. The summed E-state index contributed by atoms with van der Waals surface area (Å²) in [5, 5.41) is 9.12. The number of carbonyl (C=O) groups is 1. The van der Waals surface area contributed by atoms with Gasteiger partial charge < -0.3 is 10.6 Å². The fraction of sp³-hybridized carbons (Fsp3) is 0.375. The van der Waals surface area contributed by atoms with Crippen molar-refractivity contribution in [2.45, 2.75) is 13.3 Å². The molecule has 1 fully saturated rings. The highest BCUT2D eigenvalue weighted by molar-refractivity contribution is 7.13. The predicted molar refractivity (Wildman–Crippen MR) is 85.4 cm³/mol. The maximum absolute atomic E-state index is 11.9. The lowest BCUT2D eigenvalue weighted by molar-refractivity contribution is -0.120. The summed E-state index contributed by atoms with van der Waals surface area (Å²) in [5.41, 5.74) is 3.19. The number of nitrogens with one attached hydrogen (secondary N) is 2. The largest absolute Gasteiger partial charge is 0.355 e. The highest BCUT2D eigenvalue weighted by Gasteiger charge is 2.17. The topological polar surface area (TPSA) is 54.0 Å². The SMILES string of the molecule is Cc1ccc(-c2nc(CC(=O)NCC3CNC3)cs2)cc1. The minimum absolute atomic E-state index is 0.0580. The van der Waals surface area contributed by atoms with Crippen molar-refractivity contribution in [3.8, 4) is 10.6 Å². The van der Waals surface area contributed by atoms with E-state index in [1.165, 1.54) is 5.56 Å². The Labute approximate surface area is 128 Å². The van der Waals surface area contributed by atoms with Crippen LogP contribution in [0.5, 0.6) is 0 Å². The van der Waals surface area contributed by atoms with E-state index in [2.05, 4.69) is 46.8 Å². The van der Waals surface area contributed by atoms with E-state index < -0.39 is 0 Å². The van der Waals surface area contributed by atoms with E-state index in [4.69, 9.17) is 0 Å². The van der Waals surface area contributed by atoms with Gasteiger partial charge in [0.2, 0.25) is 5.91 Å². The Morgan fingerprint density at radius 3 is 2.81 bits per heavy atom. The third-order valence-electron chi connectivity index (χ3n) is 3.65. The number of hydrogen-bond acceptors (Lipinski definition) is 4. The first-order valence-electron chi connectivity index (χ1n) is 7.19. The van der Waals surface area contributed by atoms with Gasteiger partial charge in [-0.3, -0.25) is 4.79 Å². The number of hydrogen-bond donors (Lipinski definition) is 2. The quantitative estimate of drug-likeness (QED) is 0.888. The van der Waals surface area contributed by atoms with Crippen LogP contribution in [0.4, 0.5) is 0 Å². The molecule has 1 aromatic heterocycles. The highest BCUT2D eigenvalue weighted by Crippen LogP contribution is 2.24. The fourth-order valence-electron chi connectivity index (χ4n) is 2.19. The zero-order valence-corrected chi connectivity index (χ0v) is 12.9. The third kappa shape index (κ3) is 3.68. The van der Waals surface area contributed by atoms with Gasteiger partial charge in [-0.15, -0.1) is 11.3 Å². The smallest absolute Gasteiger partial charge is 0.226 e. The Morgan fingerprint density at radius 2 is 2.14 bits per heavy atom. The summed E-state index contributed by atoms with van der Waals surface area (Å²) in [6.45, 7) is 4.85. The second-order valence-corrected chi connectivity index (χ2v) is 6.37. The molecule has 3 rings (SSSR count). The van der Waals surface area contributed by atoms with Crippen molar-refractivity contribution in [2.24, 2.45) is 5.92 Å². The van der Waals surface area contributed by atoms with Gasteiger partial charge in [-0.1, -0.05) is 29.8 Å². The number of nitrogens with zero attached hydrogens (tertiary/aromatic N) is 1. The Hall–Kier alpha value is -1.72. The van der Waals surface area contributed by atoms with Crippen molar-refractivity contribution < 1.29 is 4.79 Å². The Kier molecular flexibility index (Phi) is 4.31. The Morgan fingerprint density at radius 1 is 1.38 bits per heavy atom. The predicted octanol–water partition coefficient (Wildman–Crippen LogP) is 2.00. The lowest BCUT2D eigenvalue weighted by Crippen LogP contribution is -2.48. The number of aromatic nitrogens is 1. The van der Waals surface area contributed by atoms with Crippen LogP contribution in [0.15, 0.2) is 29.6 Å². The summed E-state index contributed by atoms with van der Waals surface area (Å²) in [7, 11) is 0. The van der Waals surface area contributed by atoms with E-state index in [0.717, 1.165) is 35.9 Å². The van der Waals surface area contributed by atoms with Crippen LogP contribution in [0, 0.1) is 12.8 Å². The number of rotatable bonds is 5. The van der Waals surface area contributed by atoms with Gasteiger partial charge >= 0.3 is 0 Å². The highest BCUT2D eigenvalue weighted by atomic mass is 32.1. The molecule has 2 aromatic rings. The maximum atomic E-state index is 11.9. The lowest BCUT2D eigenvalue weighted by Gasteiger charge is -2.26. The summed E-state index contributed by atoms with van der Waals surface area (Å²) < 4.78 is 0. The molecule has 0 saturated carbocycles. The molecule has 4 nitrogen and oxygen atoms in total. The zero-order valence-electron chi connectivity index (χ0n) is 12.1. The fourth-order valence-corrected chi connectivity index (χ4v) is 3.02. The molecule has 2 heterocycles. The molecule has 1 amide bonds. The summed E-state index contributed by atoms with van der Waals surface area (Å²) in [4.78, 5) is 16.4. The summed E-state index contributed by atoms with van der Waals surface area (Å²) in [6.07, 6.45) is 0.364. The van der Waals surface area contributed by atoms with Crippen molar-refractivity contribution in [1.29, 1.82) is 0 Å². The van der Waals surface area contributed by atoms with Crippen molar-refractivity contribution in [1.82, 2.24) is 15.6 Å². The standard InChI is InChI=1S/C16H19N3OS/c1-11-2-4-13(5-3-11)16-19-14(10-21-16)6-15(20)18-9-12-7-17-8-12/h2-5,10,12,17H,6-9H2,1H3,(H,18,20). The second kappa shape index (κ2) is 6.37. The van der Waals surface area contributed by atoms with Gasteiger partial charge in [0.15, 0.2) is 0 Å². The first-order valence-corrected chi connectivity index (χ1v) is 8.07. The third-order valence-corrected chi connectivity index (χ3v) is 4.59. The number of amides is 1. The van der Waals surface area contributed by atoms with Gasteiger partial charge in [-0.05, 0) is 6.92 Å². The molecule has 5 heteroatoms. The van der Waals surface area contributed by atoms with Crippen molar-refractivity contribution in [2.75, 3.05) is 19.6 Å². The zero-order chi connectivity index (χ0) is 14.7. The van der Waals surface area contributed by atoms with Crippen LogP contribution in [0.2, 0.25) is 0 Å². The van der Waals surface area contributed by atoms with E-state index in [1.54, 1.807) is 11.3 Å². The van der Waals surface area contributed by atoms with Crippen LogP contribution in [-0.4, -0.2) is 30.5 Å². The van der Waals surface area contributed by atoms with Crippen molar-refractivity contribution in [3.05, 3.63) is 40.9 Å². The number of thiazole rings is 1. The monoisotopic (exact) mass is 301 g/mol. The molecule has 0 bridgehead atoms. The van der Waals surface area contributed by atoms with E-state index in [9.17, 15) is 4.79 Å². The molecule has 1 aliphatic heterocycles. The van der Waals surface area contributed by atoms with Crippen LogP contribution in [0.3, 0.4) is 0 Å². The van der Waals surface area contributed by atoms with E-state index in [-0.39, 0.29) is 5.91 Å². The maximum Gasteiger partial charge on any atom is 0.226 e. The molecule has 0 spiro atoms. The average molecular weight is 301 g/mol. The molecule has 1 saturated heterocycles. The number of benzene rings is 1. The summed E-state index contributed by atoms with van der Waals surface area (Å²) in [5.74, 6) is 0.648. The second-order valence-electron chi connectivity index (χ2n) is 5.52. The summed E-state index contributed by atoms with van der Waals surface area (Å²) in [6, 6.07) is 8.30. The van der Waals surface area contributed by atoms with Gasteiger partial charge in [0.05, 0.1) is 12.1 Å². The van der Waals surface area contributed by atoms with Crippen LogP contribution < -0.4 is 10.6 Å². The van der Waals surface area contributed by atoms with Gasteiger partial charge in [0.1, 0.15) is 5.01 Å². The number of carbonyl (C=O) groups excluding carboxylic acids is 1. The van der Waals surface area contributed by atoms with Crippen LogP contribution in [0.1, 0.15) is 11.3 Å². The van der Waals surface area contributed by atoms with Gasteiger partial charge in [0, 0.05) is 36.5 Å². The molecule has 21 heavy (non-hydrogen) atoms. The molecule has 2 N–H and O–H groups in total. The Balaban J connectivity index is 1.56. The molecular formula is C16H19N3OS. The van der Waals surface area contributed by atoms with Crippen molar-refractivity contribution in [3.63, 3.8) is 0 Å². The van der Waals surface area contributed by atoms with E-state index in [1.807, 2.05) is 5.38 Å². The van der Waals surface area contributed by atoms with Crippen LogP contribution >= 0.6 is 11.3 Å². The van der Waals surface area contributed by atoms with Gasteiger partial charge in [-0.25, -0.2) is 4.98 Å². The van der Waals surface area contributed by atoms with Crippen molar-refractivity contribution >= 4 is 17.2 Å². The lowest BCUT2D eigenvalue weighted by atomic mass is 10.0. The molecule has 1 aliphatic rings.